The minimum Gasteiger partial charge on any atom is -0.324 e. The number of nitrogens with zero attached hydrogens (tertiary/aromatic N) is 3. The fraction of sp³-hybridized carbons (Fsp3) is 0.0952. The maximum atomic E-state index is 4.57. The third kappa shape index (κ3) is 3.48. The van der Waals surface area contributed by atoms with E-state index in [1.54, 1.807) is 23.7 Å². The summed E-state index contributed by atoms with van der Waals surface area (Å²) in [5, 5.41) is 6.14. The first-order chi connectivity index (χ1) is 12.7. The lowest BCUT2D eigenvalue weighted by Crippen LogP contribution is -1.98. The van der Waals surface area contributed by atoms with Crippen LogP contribution in [-0.2, 0) is 0 Å². The van der Waals surface area contributed by atoms with Gasteiger partial charge in [0.15, 0.2) is 0 Å². The highest BCUT2D eigenvalue weighted by Gasteiger charge is 2.07. The van der Waals surface area contributed by atoms with Crippen LogP contribution in [0.5, 0.6) is 0 Å². The molecule has 4 rings (SSSR count). The SMILES string of the molecule is Cc1ccc(C)c(-c2cccc(Nc3nccc(-c4nccs4)n3)c2)c1. The topological polar surface area (TPSA) is 50.7 Å². The van der Waals surface area contributed by atoms with Crippen molar-refractivity contribution in [2.75, 3.05) is 5.32 Å². The zero-order valence-electron chi connectivity index (χ0n) is 14.6. The van der Waals surface area contributed by atoms with Gasteiger partial charge in [0.1, 0.15) is 10.7 Å². The number of rotatable bonds is 4. The normalized spacial score (nSPS) is 10.7. The molecule has 0 fully saturated rings. The average Bonchev–Trinajstić information content (AvgIpc) is 3.19. The highest BCUT2D eigenvalue weighted by atomic mass is 32.1. The van der Waals surface area contributed by atoms with Crippen LogP contribution in [0.15, 0.2) is 66.3 Å². The van der Waals surface area contributed by atoms with Gasteiger partial charge in [0.05, 0.1) is 0 Å². The van der Waals surface area contributed by atoms with Gasteiger partial charge in [-0.25, -0.2) is 15.0 Å². The number of hydrogen-bond acceptors (Lipinski definition) is 5. The minimum atomic E-state index is 0.566. The molecule has 4 nitrogen and oxygen atoms in total. The lowest BCUT2D eigenvalue weighted by atomic mass is 9.98. The van der Waals surface area contributed by atoms with E-state index in [-0.39, 0.29) is 0 Å². The number of aromatic nitrogens is 3. The van der Waals surface area contributed by atoms with Gasteiger partial charge in [-0.05, 0) is 48.7 Å². The van der Waals surface area contributed by atoms with Crippen LogP contribution in [0.25, 0.3) is 21.8 Å². The van der Waals surface area contributed by atoms with Crippen molar-refractivity contribution in [3.8, 4) is 21.8 Å². The van der Waals surface area contributed by atoms with E-state index in [0.717, 1.165) is 16.4 Å². The molecule has 0 aliphatic heterocycles. The summed E-state index contributed by atoms with van der Waals surface area (Å²) in [6.07, 6.45) is 3.53. The Balaban J connectivity index is 1.64. The molecule has 0 spiro atoms. The second-order valence-corrected chi connectivity index (χ2v) is 7.02. The number of nitrogens with one attached hydrogen (secondary N) is 1. The number of thiazole rings is 1. The molecule has 26 heavy (non-hydrogen) atoms. The summed E-state index contributed by atoms with van der Waals surface area (Å²) in [4.78, 5) is 13.2. The summed E-state index contributed by atoms with van der Waals surface area (Å²) < 4.78 is 0. The molecule has 0 aliphatic rings. The van der Waals surface area contributed by atoms with Crippen molar-refractivity contribution in [3.63, 3.8) is 0 Å². The van der Waals surface area contributed by atoms with Crippen molar-refractivity contribution in [3.05, 3.63) is 77.4 Å². The Bertz CT molecular complexity index is 1040. The lowest BCUT2D eigenvalue weighted by Gasteiger charge is -2.10. The molecule has 5 heteroatoms. The van der Waals surface area contributed by atoms with Gasteiger partial charge in [-0.1, -0.05) is 35.9 Å². The van der Waals surface area contributed by atoms with Crippen molar-refractivity contribution >= 4 is 23.0 Å². The lowest BCUT2D eigenvalue weighted by molar-refractivity contribution is 1.16. The quantitative estimate of drug-likeness (QED) is 0.514. The Hall–Kier alpha value is -3.05. The monoisotopic (exact) mass is 358 g/mol. The van der Waals surface area contributed by atoms with E-state index in [4.69, 9.17) is 0 Å². The summed E-state index contributed by atoms with van der Waals surface area (Å²) in [6, 6.07) is 16.7. The van der Waals surface area contributed by atoms with Gasteiger partial charge in [0.25, 0.3) is 0 Å². The van der Waals surface area contributed by atoms with E-state index in [9.17, 15) is 0 Å². The van der Waals surface area contributed by atoms with Gasteiger partial charge in [0.2, 0.25) is 5.95 Å². The third-order valence-corrected chi connectivity index (χ3v) is 4.93. The van der Waals surface area contributed by atoms with Crippen LogP contribution in [0, 0.1) is 13.8 Å². The molecular weight excluding hydrogens is 340 g/mol. The Morgan fingerprint density at radius 1 is 0.923 bits per heavy atom. The molecule has 0 radical (unpaired) electrons. The molecular formula is C21H18N4S. The summed E-state index contributed by atoms with van der Waals surface area (Å²) in [6.45, 7) is 4.25. The zero-order valence-corrected chi connectivity index (χ0v) is 15.4. The van der Waals surface area contributed by atoms with Crippen LogP contribution in [0.1, 0.15) is 11.1 Å². The van der Waals surface area contributed by atoms with Gasteiger partial charge < -0.3 is 5.32 Å². The Labute approximate surface area is 156 Å². The van der Waals surface area contributed by atoms with E-state index in [0.29, 0.717) is 5.95 Å². The second kappa shape index (κ2) is 7.06. The predicted octanol–water partition coefficient (Wildman–Crippen LogP) is 5.63. The molecule has 0 unspecified atom stereocenters. The standard InChI is InChI=1S/C21H18N4S/c1-14-6-7-15(2)18(12-14)16-4-3-5-17(13-16)24-21-23-9-8-19(25-21)20-22-10-11-26-20/h3-13H,1-2H3,(H,23,24,25). The van der Waals surface area contributed by atoms with Gasteiger partial charge >= 0.3 is 0 Å². The van der Waals surface area contributed by atoms with Crippen LogP contribution < -0.4 is 5.32 Å². The summed E-state index contributed by atoms with van der Waals surface area (Å²) in [5.41, 5.74) is 6.71. The largest absolute Gasteiger partial charge is 0.324 e. The Kier molecular flexibility index (Phi) is 4.46. The Morgan fingerprint density at radius 2 is 1.85 bits per heavy atom. The van der Waals surface area contributed by atoms with Crippen molar-refractivity contribution in [2.24, 2.45) is 0 Å². The van der Waals surface area contributed by atoms with E-state index in [1.165, 1.54) is 22.3 Å². The van der Waals surface area contributed by atoms with Gasteiger partial charge in [0, 0.05) is 23.5 Å². The average molecular weight is 358 g/mol. The molecule has 4 aromatic rings. The van der Waals surface area contributed by atoms with Crippen molar-refractivity contribution < 1.29 is 0 Å². The first-order valence-electron chi connectivity index (χ1n) is 8.37. The first-order valence-corrected chi connectivity index (χ1v) is 9.25. The highest BCUT2D eigenvalue weighted by Crippen LogP contribution is 2.28. The van der Waals surface area contributed by atoms with Crippen LogP contribution in [0.3, 0.4) is 0 Å². The smallest absolute Gasteiger partial charge is 0.227 e. The number of benzene rings is 2. The molecule has 2 heterocycles. The van der Waals surface area contributed by atoms with Gasteiger partial charge in [-0.3, -0.25) is 0 Å². The molecule has 0 amide bonds. The van der Waals surface area contributed by atoms with Crippen LogP contribution in [0.4, 0.5) is 11.6 Å². The molecule has 0 atom stereocenters. The molecule has 0 bridgehead atoms. The van der Waals surface area contributed by atoms with Crippen molar-refractivity contribution in [2.45, 2.75) is 13.8 Å². The molecule has 2 aromatic heterocycles. The first kappa shape index (κ1) is 16.4. The zero-order chi connectivity index (χ0) is 17.9. The molecule has 128 valence electrons. The molecule has 0 saturated heterocycles. The molecule has 0 saturated carbocycles. The highest BCUT2D eigenvalue weighted by molar-refractivity contribution is 7.13. The van der Waals surface area contributed by atoms with E-state index < -0.39 is 0 Å². The molecule has 1 N–H and O–H groups in total. The fourth-order valence-corrected chi connectivity index (χ4v) is 3.44. The maximum absolute atomic E-state index is 4.57. The van der Waals surface area contributed by atoms with Crippen molar-refractivity contribution in [1.29, 1.82) is 0 Å². The fourth-order valence-electron chi connectivity index (χ4n) is 2.83. The summed E-state index contributed by atoms with van der Waals surface area (Å²) in [5.74, 6) is 0.566. The minimum absolute atomic E-state index is 0.566. The van der Waals surface area contributed by atoms with Crippen LogP contribution >= 0.6 is 11.3 Å². The van der Waals surface area contributed by atoms with E-state index in [1.807, 2.05) is 23.6 Å². The number of aryl methyl sites for hydroxylation is 2. The van der Waals surface area contributed by atoms with E-state index >= 15 is 0 Å². The van der Waals surface area contributed by atoms with Gasteiger partial charge in [-0.15, -0.1) is 11.3 Å². The third-order valence-electron chi connectivity index (χ3n) is 4.13. The second-order valence-electron chi connectivity index (χ2n) is 6.13. The van der Waals surface area contributed by atoms with Crippen LogP contribution in [-0.4, -0.2) is 15.0 Å². The maximum Gasteiger partial charge on any atom is 0.227 e. The molecule has 2 aromatic carbocycles. The molecule has 0 aliphatic carbocycles. The Morgan fingerprint density at radius 3 is 2.69 bits per heavy atom. The number of hydrogen-bond donors (Lipinski definition) is 1. The van der Waals surface area contributed by atoms with Crippen LogP contribution in [0.2, 0.25) is 0 Å². The van der Waals surface area contributed by atoms with E-state index in [2.05, 4.69) is 64.4 Å². The summed E-state index contributed by atoms with van der Waals surface area (Å²) >= 11 is 1.56. The predicted molar refractivity (Wildman–Crippen MR) is 108 cm³/mol. The van der Waals surface area contributed by atoms with Crippen molar-refractivity contribution in [1.82, 2.24) is 15.0 Å². The summed E-state index contributed by atoms with van der Waals surface area (Å²) in [7, 11) is 0. The van der Waals surface area contributed by atoms with Gasteiger partial charge in [-0.2, -0.15) is 0 Å². The number of anilines is 2.